The van der Waals surface area contributed by atoms with Crippen LogP contribution in [0.25, 0.3) is 6.08 Å². The molecular weight excluding hydrogens is 224 g/mol. The first-order valence-corrected chi connectivity index (χ1v) is 6.58. The van der Waals surface area contributed by atoms with Crippen LogP contribution in [0, 0.1) is 0 Å². The van der Waals surface area contributed by atoms with Crippen LogP contribution in [0.4, 0.5) is 0 Å². The molecule has 0 spiro atoms. The van der Waals surface area contributed by atoms with Crippen LogP contribution in [0.15, 0.2) is 28.4 Å². The summed E-state index contributed by atoms with van der Waals surface area (Å²) in [5.74, 6) is 0.673. The number of allylic oxidation sites excluding steroid dienone is 1. The Balaban J connectivity index is 2.55. The molecule has 0 bridgehead atoms. The van der Waals surface area contributed by atoms with E-state index in [2.05, 4.69) is 0 Å². The van der Waals surface area contributed by atoms with Crippen LogP contribution in [-0.4, -0.2) is 14.2 Å². The van der Waals surface area contributed by atoms with Crippen molar-refractivity contribution >= 4 is 25.8 Å². The highest BCUT2D eigenvalue weighted by Crippen LogP contribution is 2.11. The van der Waals surface area contributed by atoms with E-state index in [0.717, 1.165) is 11.3 Å². The Morgan fingerprint density at radius 1 is 1.64 bits per heavy atom. The fourth-order valence-electron chi connectivity index (χ4n) is 0.971. The number of hydrogen-bond donors (Lipinski definition) is 0. The van der Waals surface area contributed by atoms with E-state index >= 15 is 0 Å². The quantitative estimate of drug-likeness (QED) is 0.753. The lowest BCUT2D eigenvalue weighted by Gasteiger charge is -1.97. The summed E-state index contributed by atoms with van der Waals surface area (Å²) in [6, 6.07) is 3.58. The average Bonchev–Trinajstić information content (AvgIpc) is 2.52. The highest BCUT2D eigenvalue weighted by molar-refractivity contribution is 8.13. The predicted octanol–water partition coefficient (Wildman–Crippen LogP) is 2.64. The number of rotatable bonds is 4. The molecule has 1 aromatic rings. The van der Waals surface area contributed by atoms with Crippen molar-refractivity contribution in [2.75, 3.05) is 5.75 Å². The molecule has 78 valence electrons. The summed E-state index contributed by atoms with van der Waals surface area (Å²) in [5, 5.41) is 0. The van der Waals surface area contributed by atoms with E-state index in [4.69, 9.17) is 15.1 Å². The molecule has 0 saturated carbocycles. The first-order valence-electron chi connectivity index (χ1n) is 4.10. The van der Waals surface area contributed by atoms with Crippen molar-refractivity contribution in [3.8, 4) is 0 Å². The molecule has 0 aliphatic rings. The molecule has 0 amide bonds. The molecule has 0 saturated heterocycles. The minimum atomic E-state index is -3.40. The van der Waals surface area contributed by atoms with Crippen molar-refractivity contribution < 1.29 is 12.8 Å². The predicted molar refractivity (Wildman–Crippen MR) is 56.6 cm³/mol. The van der Waals surface area contributed by atoms with E-state index in [1.54, 1.807) is 24.5 Å². The van der Waals surface area contributed by atoms with Gasteiger partial charge in [-0.3, -0.25) is 0 Å². The van der Waals surface area contributed by atoms with Gasteiger partial charge in [-0.1, -0.05) is 5.57 Å². The van der Waals surface area contributed by atoms with E-state index in [0.29, 0.717) is 6.42 Å². The van der Waals surface area contributed by atoms with Gasteiger partial charge < -0.3 is 4.42 Å². The first-order chi connectivity index (χ1) is 6.47. The highest BCUT2D eigenvalue weighted by Gasteiger charge is 2.05. The lowest BCUT2D eigenvalue weighted by Crippen LogP contribution is -1.97. The van der Waals surface area contributed by atoms with Gasteiger partial charge in [0.15, 0.2) is 0 Å². The van der Waals surface area contributed by atoms with Crippen LogP contribution >= 0.6 is 10.7 Å². The highest BCUT2D eigenvalue weighted by atomic mass is 35.7. The molecule has 0 aliphatic heterocycles. The van der Waals surface area contributed by atoms with E-state index < -0.39 is 9.05 Å². The molecule has 0 aromatic carbocycles. The average molecular weight is 235 g/mol. The standard InChI is InChI=1S/C9H11ClO3S/c1-8(4-6-14(10,11)12)7-9-3-2-5-13-9/h2-3,5,7H,4,6H2,1H3/b8-7+. The maximum Gasteiger partial charge on any atom is 0.232 e. The number of halogens is 1. The number of furan rings is 1. The number of hydrogen-bond acceptors (Lipinski definition) is 3. The molecular formula is C9H11ClO3S. The third-order valence-corrected chi connectivity index (χ3v) is 2.83. The Morgan fingerprint density at radius 2 is 2.36 bits per heavy atom. The van der Waals surface area contributed by atoms with Gasteiger partial charge in [0.25, 0.3) is 0 Å². The second-order valence-electron chi connectivity index (χ2n) is 3.00. The smallest absolute Gasteiger partial charge is 0.232 e. The topological polar surface area (TPSA) is 47.3 Å². The van der Waals surface area contributed by atoms with Crippen LogP contribution < -0.4 is 0 Å². The zero-order chi connectivity index (χ0) is 10.6. The zero-order valence-electron chi connectivity index (χ0n) is 7.73. The molecule has 1 rings (SSSR count). The molecule has 1 aromatic heterocycles. The molecule has 0 radical (unpaired) electrons. The van der Waals surface area contributed by atoms with Gasteiger partial charge in [0.05, 0.1) is 12.0 Å². The van der Waals surface area contributed by atoms with Gasteiger partial charge in [-0.15, -0.1) is 0 Å². The Kier molecular flexibility index (Phi) is 3.77. The first kappa shape index (κ1) is 11.3. The second kappa shape index (κ2) is 4.66. The molecule has 0 unspecified atom stereocenters. The third kappa shape index (κ3) is 4.48. The minimum absolute atomic E-state index is 0.0441. The van der Waals surface area contributed by atoms with Crippen LogP contribution in [0.2, 0.25) is 0 Å². The minimum Gasteiger partial charge on any atom is -0.465 e. The lowest BCUT2D eigenvalue weighted by atomic mass is 10.2. The fraction of sp³-hybridized carbons (Fsp3) is 0.333. The van der Waals surface area contributed by atoms with Crippen molar-refractivity contribution in [3.63, 3.8) is 0 Å². The Hall–Kier alpha value is -0.740. The zero-order valence-corrected chi connectivity index (χ0v) is 9.31. The van der Waals surface area contributed by atoms with Crippen LogP contribution in [0.1, 0.15) is 19.1 Å². The van der Waals surface area contributed by atoms with Gasteiger partial charge >= 0.3 is 0 Å². The Labute approximate surface area is 87.8 Å². The van der Waals surface area contributed by atoms with Crippen LogP contribution in [-0.2, 0) is 9.05 Å². The van der Waals surface area contributed by atoms with Crippen LogP contribution in [0.5, 0.6) is 0 Å². The maximum atomic E-state index is 10.7. The summed E-state index contributed by atoms with van der Waals surface area (Å²) < 4.78 is 26.4. The van der Waals surface area contributed by atoms with Crippen molar-refractivity contribution in [2.24, 2.45) is 0 Å². The molecule has 0 aliphatic carbocycles. The lowest BCUT2D eigenvalue weighted by molar-refractivity contribution is 0.556. The van der Waals surface area contributed by atoms with Crippen LogP contribution in [0.3, 0.4) is 0 Å². The molecule has 1 heterocycles. The van der Waals surface area contributed by atoms with Crippen molar-refractivity contribution in [1.82, 2.24) is 0 Å². The molecule has 0 N–H and O–H groups in total. The van der Waals surface area contributed by atoms with Gasteiger partial charge in [-0.2, -0.15) is 0 Å². The Bertz CT molecular complexity index is 403. The van der Waals surface area contributed by atoms with Crippen molar-refractivity contribution in [3.05, 3.63) is 29.7 Å². The summed E-state index contributed by atoms with van der Waals surface area (Å²) in [5.41, 5.74) is 0.921. The van der Waals surface area contributed by atoms with Gasteiger partial charge in [-0.05, 0) is 31.6 Å². The van der Waals surface area contributed by atoms with Crippen molar-refractivity contribution in [2.45, 2.75) is 13.3 Å². The summed E-state index contributed by atoms with van der Waals surface area (Å²) in [6.07, 6.45) is 3.78. The van der Waals surface area contributed by atoms with Gasteiger partial charge in [0, 0.05) is 10.7 Å². The van der Waals surface area contributed by atoms with E-state index in [1.165, 1.54) is 0 Å². The molecule has 14 heavy (non-hydrogen) atoms. The van der Waals surface area contributed by atoms with Gasteiger partial charge in [0.1, 0.15) is 5.76 Å². The molecule has 3 nitrogen and oxygen atoms in total. The molecule has 5 heteroatoms. The monoisotopic (exact) mass is 234 g/mol. The third-order valence-electron chi connectivity index (χ3n) is 1.67. The summed E-state index contributed by atoms with van der Waals surface area (Å²) in [4.78, 5) is 0. The SMILES string of the molecule is C/C(=C\c1ccco1)CCS(=O)(=O)Cl. The molecule has 0 fully saturated rings. The maximum absolute atomic E-state index is 10.7. The second-order valence-corrected chi connectivity index (χ2v) is 5.90. The molecule has 0 atom stereocenters. The Morgan fingerprint density at radius 3 is 2.86 bits per heavy atom. The summed E-state index contributed by atoms with van der Waals surface area (Å²) in [6.45, 7) is 1.84. The summed E-state index contributed by atoms with van der Waals surface area (Å²) >= 11 is 0. The van der Waals surface area contributed by atoms with E-state index in [1.807, 2.05) is 6.92 Å². The normalized spacial score (nSPS) is 13.1. The fourth-order valence-corrected chi connectivity index (χ4v) is 1.77. The van der Waals surface area contributed by atoms with E-state index in [-0.39, 0.29) is 5.75 Å². The van der Waals surface area contributed by atoms with E-state index in [9.17, 15) is 8.42 Å². The summed E-state index contributed by atoms with van der Waals surface area (Å²) in [7, 11) is 1.68. The largest absolute Gasteiger partial charge is 0.465 e. The van der Waals surface area contributed by atoms with Crippen molar-refractivity contribution in [1.29, 1.82) is 0 Å². The van der Waals surface area contributed by atoms with Gasteiger partial charge in [-0.25, -0.2) is 8.42 Å². The van der Waals surface area contributed by atoms with Gasteiger partial charge in [0.2, 0.25) is 9.05 Å².